The average molecular weight is 113 g/mol. The van der Waals surface area contributed by atoms with Gasteiger partial charge in [-0.25, -0.2) is 0 Å². The quantitative estimate of drug-likeness (QED) is 0.507. The molecule has 0 fully saturated rings. The van der Waals surface area contributed by atoms with Crippen molar-refractivity contribution in [3.63, 3.8) is 0 Å². The molecule has 0 amide bonds. The van der Waals surface area contributed by atoms with Crippen molar-refractivity contribution in [2.75, 3.05) is 0 Å². The zero-order valence-electron chi connectivity index (χ0n) is 5.00. The van der Waals surface area contributed by atoms with Crippen LogP contribution in [0.25, 0.3) is 0 Å². The third kappa shape index (κ3) is 0.828. The first kappa shape index (κ1) is 5.21. The molecule has 0 bridgehead atoms. The SMILES string of the molecule is CC(C)[n+]1ncn[nH]1. The Morgan fingerprint density at radius 3 is 2.62 bits per heavy atom. The largest absolute Gasteiger partial charge is 0.296 e. The molecule has 0 spiro atoms. The van der Waals surface area contributed by atoms with Gasteiger partial charge in [0.15, 0.2) is 0 Å². The van der Waals surface area contributed by atoms with Gasteiger partial charge in [0.2, 0.25) is 0 Å². The first-order valence-electron chi connectivity index (χ1n) is 2.58. The summed E-state index contributed by atoms with van der Waals surface area (Å²) in [6, 6.07) is 0.373. The molecule has 44 valence electrons. The Hall–Kier alpha value is -0.930. The van der Waals surface area contributed by atoms with E-state index >= 15 is 0 Å². The van der Waals surface area contributed by atoms with Gasteiger partial charge in [-0.15, -0.1) is 0 Å². The zero-order valence-corrected chi connectivity index (χ0v) is 5.00. The molecule has 1 aromatic heterocycles. The van der Waals surface area contributed by atoms with Crippen LogP contribution in [0, 0.1) is 0 Å². The number of rotatable bonds is 1. The smallest absolute Gasteiger partial charge is 0.0599 e. The van der Waals surface area contributed by atoms with Crippen molar-refractivity contribution in [3.05, 3.63) is 6.33 Å². The summed E-state index contributed by atoms with van der Waals surface area (Å²) in [5, 5.41) is 10.2. The molecule has 1 heterocycles. The topological polar surface area (TPSA) is 45.5 Å². The highest BCUT2D eigenvalue weighted by molar-refractivity contribution is 4.24. The number of nitrogens with one attached hydrogen (secondary N) is 1. The summed E-state index contributed by atoms with van der Waals surface area (Å²) in [6.45, 7) is 4.07. The van der Waals surface area contributed by atoms with Gasteiger partial charge in [0, 0.05) is 0 Å². The molecule has 4 nitrogen and oxygen atoms in total. The molecule has 0 radical (unpaired) electrons. The van der Waals surface area contributed by atoms with Crippen LogP contribution in [-0.4, -0.2) is 15.4 Å². The highest BCUT2D eigenvalue weighted by atomic mass is 15.6. The summed E-state index contributed by atoms with van der Waals surface area (Å²) >= 11 is 0. The highest BCUT2D eigenvalue weighted by Gasteiger charge is 2.02. The third-order valence-corrected chi connectivity index (χ3v) is 0.883. The Kier molecular flexibility index (Phi) is 1.24. The molecule has 4 heteroatoms. The second-order valence-corrected chi connectivity index (χ2v) is 1.90. The van der Waals surface area contributed by atoms with Gasteiger partial charge >= 0.3 is 0 Å². The predicted octanol–water partition coefficient (Wildman–Crippen LogP) is -0.327. The van der Waals surface area contributed by atoms with Crippen LogP contribution < -0.4 is 4.80 Å². The molecule has 0 saturated carbocycles. The van der Waals surface area contributed by atoms with Crippen LogP contribution in [-0.2, 0) is 0 Å². The van der Waals surface area contributed by atoms with Crippen LogP contribution in [0.2, 0.25) is 0 Å². The van der Waals surface area contributed by atoms with Crippen molar-refractivity contribution >= 4 is 0 Å². The van der Waals surface area contributed by atoms with E-state index in [1.165, 1.54) is 6.33 Å². The molecule has 0 atom stereocenters. The molecule has 8 heavy (non-hydrogen) atoms. The minimum Gasteiger partial charge on any atom is -0.0599 e. The molecule has 0 unspecified atom stereocenters. The van der Waals surface area contributed by atoms with Gasteiger partial charge in [0.1, 0.15) is 6.04 Å². The van der Waals surface area contributed by atoms with E-state index in [2.05, 4.69) is 15.4 Å². The number of hydrogen-bond donors (Lipinski definition) is 1. The first-order valence-corrected chi connectivity index (χ1v) is 2.58. The third-order valence-electron chi connectivity index (χ3n) is 0.883. The lowest BCUT2D eigenvalue weighted by atomic mass is 10.4. The molecular weight excluding hydrogens is 104 g/mol. The Labute approximate surface area is 47.5 Å². The number of tetrazole rings is 1. The zero-order chi connectivity index (χ0) is 5.98. The molecule has 0 aliphatic heterocycles. The highest BCUT2D eigenvalue weighted by Crippen LogP contribution is 1.81. The summed E-state index contributed by atoms with van der Waals surface area (Å²) in [4.78, 5) is 1.68. The monoisotopic (exact) mass is 113 g/mol. The number of H-pyrrole nitrogens is 1. The van der Waals surface area contributed by atoms with Crippen LogP contribution in [0.1, 0.15) is 19.9 Å². The number of nitrogens with zero attached hydrogens (tertiary/aromatic N) is 3. The minimum atomic E-state index is 0.373. The predicted molar refractivity (Wildman–Crippen MR) is 27.0 cm³/mol. The minimum absolute atomic E-state index is 0.373. The van der Waals surface area contributed by atoms with Gasteiger partial charge in [-0.1, -0.05) is 4.80 Å². The maximum absolute atomic E-state index is 3.87. The Morgan fingerprint density at radius 2 is 2.38 bits per heavy atom. The maximum Gasteiger partial charge on any atom is 0.296 e. The number of aromatic amines is 1. The molecule has 0 aromatic carbocycles. The number of aromatic nitrogens is 4. The lowest BCUT2D eigenvalue weighted by Crippen LogP contribution is -2.41. The van der Waals surface area contributed by atoms with E-state index < -0.39 is 0 Å². The molecule has 0 aliphatic carbocycles. The lowest BCUT2D eigenvalue weighted by Gasteiger charge is -1.90. The lowest BCUT2D eigenvalue weighted by molar-refractivity contribution is -0.821. The van der Waals surface area contributed by atoms with Crippen LogP contribution in [0.4, 0.5) is 0 Å². The average Bonchev–Trinajstić information content (AvgIpc) is 2.12. The molecular formula is C4H9N4+. The molecule has 0 saturated heterocycles. The van der Waals surface area contributed by atoms with Crippen molar-refractivity contribution in [2.45, 2.75) is 19.9 Å². The van der Waals surface area contributed by atoms with Crippen molar-refractivity contribution in [1.29, 1.82) is 0 Å². The summed E-state index contributed by atoms with van der Waals surface area (Å²) in [6.07, 6.45) is 1.49. The second kappa shape index (κ2) is 1.90. The van der Waals surface area contributed by atoms with Gasteiger partial charge in [-0.3, -0.25) is 0 Å². The Bertz CT molecular complexity index is 143. The molecule has 0 aliphatic rings. The molecule has 1 rings (SSSR count). The van der Waals surface area contributed by atoms with E-state index in [4.69, 9.17) is 0 Å². The standard InChI is InChI=1S/C4H8N4/c1-4(2)8-6-3-5-7-8/h3-4H,1-2H3/p+1. The Morgan fingerprint density at radius 1 is 1.62 bits per heavy atom. The van der Waals surface area contributed by atoms with Crippen LogP contribution in [0.3, 0.4) is 0 Å². The van der Waals surface area contributed by atoms with Crippen molar-refractivity contribution in [3.8, 4) is 0 Å². The fourth-order valence-electron chi connectivity index (χ4n) is 0.441. The van der Waals surface area contributed by atoms with Crippen LogP contribution in [0.15, 0.2) is 6.33 Å². The van der Waals surface area contributed by atoms with E-state index in [9.17, 15) is 0 Å². The normalized spacial score (nSPS) is 10.4. The summed E-state index contributed by atoms with van der Waals surface area (Å²) < 4.78 is 0. The fourth-order valence-corrected chi connectivity index (χ4v) is 0.441. The van der Waals surface area contributed by atoms with Gasteiger partial charge < -0.3 is 0 Å². The first-order chi connectivity index (χ1) is 3.80. The van der Waals surface area contributed by atoms with Crippen LogP contribution in [0.5, 0.6) is 0 Å². The van der Waals surface area contributed by atoms with E-state index in [-0.39, 0.29) is 0 Å². The summed E-state index contributed by atoms with van der Waals surface area (Å²) in [5.74, 6) is 0. The Balaban J connectivity index is 2.77. The van der Waals surface area contributed by atoms with Gasteiger partial charge in [-0.05, 0) is 24.2 Å². The van der Waals surface area contributed by atoms with E-state index in [1.54, 1.807) is 4.80 Å². The molecule has 1 aromatic rings. The van der Waals surface area contributed by atoms with Gasteiger partial charge in [-0.2, -0.15) is 0 Å². The van der Waals surface area contributed by atoms with Crippen LogP contribution >= 0.6 is 0 Å². The van der Waals surface area contributed by atoms with E-state index in [0.29, 0.717) is 6.04 Å². The van der Waals surface area contributed by atoms with Gasteiger partial charge in [0.25, 0.3) is 6.33 Å². The molecule has 1 N–H and O–H groups in total. The second-order valence-electron chi connectivity index (χ2n) is 1.90. The van der Waals surface area contributed by atoms with Gasteiger partial charge in [0.05, 0.1) is 5.10 Å². The maximum atomic E-state index is 3.87. The van der Waals surface area contributed by atoms with E-state index in [1.807, 2.05) is 13.8 Å². The van der Waals surface area contributed by atoms with Crippen molar-refractivity contribution < 1.29 is 4.80 Å². The van der Waals surface area contributed by atoms with Crippen molar-refractivity contribution in [1.82, 2.24) is 15.4 Å². The summed E-state index contributed by atoms with van der Waals surface area (Å²) in [5.41, 5.74) is 0. The van der Waals surface area contributed by atoms with E-state index in [0.717, 1.165) is 0 Å². The number of hydrogen-bond acceptors (Lipinski definition) is 2. The summed E-state index contributed by atoms with van der Waals surface area (Å²) in [7, 11) is 0. The fraction of sp³-hybridized carbons (Fsp3) is 0.750. The van der Waals surface area contributed by atoms with Crippen molar-refractivity contribution in [2.24, 2.45) is 0 Å².